The molecular formula is C26H30F3N5O7. The zero-order chi connectivity index (χ0) is 30.8. The van der Waals surface area contributed by atoms with Crippen molar-refractivity contribution >= 4 is 35.1 Å². The number of phenols is 1. The Labute approximate surface area is 232 Å². The fraction of sp³-hybridized carbons (Fsp3) is 0.462. The summed E-state index contributed by atoms with van der Waals surface area (Å²) in [6.45, 7) is -1.43. The number of nitrogens with two attached hydrogens (primary N) is 1. The zero-order valence-electron chi connectivity index (χ0n) is 22.6. The van der Waals surface area contributed by atoms with Crippen LogP contribution in [-0.2, 0) is 20.8 Å². The van der Waals surface area contributed by atoms with Gasteiger partial charge in [0.2, 0.25) is 5.78 Å². The minimum absolute atomic E-state index is 0.0549. The van der Waals surface area contributed by atoms with E-state index in [9.17, 15) is 48.0 Å². The van der Waals surface area contributed by atoms with Gasteiger partial charge in [0.1, 0.15) is 29.4 Å². The molecular weight excluding hydrogens is 551 g/mol. The van der Waals surface area contributed by atoms with Gasteiger partial charge < -0.3 is 36.5 Å². The van der Waals surface area contributed by atoms with E-state index >= 15 is 0 Å². The third kappa shape index (κ3) is 4.68. The Morgan fingerprint density at radius 1 is 1.22 bits per heavy atom. The van der Waals surface area contributed by atoms with E-state index in [0.29, 0.717) is 11.3 Å². The molecule has 4 rings (SSSR count). The number of halogens is 3. The SMILES string of the molecule is CN(C)c1cc(/C=N\NCC(F)(F)F)c(O)c2c1C[C@H]1C[C@H]3[C@H](N(C)C)C(=O)C(C(N)=O)=C(O)[C@@]3(O)C(=O)C1=C2O. The number of nitrogens with zero attached hydrogens (tertiary/aromatic N) is 3. The van der Waals surface area contributed by atoms with Crippen LogP contribution in [0.2, 0.25) is 0 Å². The Hall–Kier alpha value is -4.11. The number of alkyl halides is 3. The van der Waals surface area contributed by atoms with E-state index in [1.54, 1.807) is 19.0 Å². The summed E-state index contributed by atoms with van der Waals surface area (Å²) < 4.78 is 37.5. The highest BCUT2D eigenvalue weighted by atomic mass is 19.4. The number of rotatable bonds is 6. The third-order valence-corrected chi connectivity index (χ3v) is 7.78. The number of hydrogen-bond acceptors (Lipinski definition) is 11. The van der Waals surface area contributed by atoms with E-state index in [4.69, 9.17) is 5.73 Å². The first-order valence-corrected chi connectivity index (χ1v) is 12.5. The number of nitrogens with one attached hydrogen (secondary N) is 1. The van der Waals surface area contributed by atoms with Crippen LogP contribution in [0.15, 0.2) is 28.1 Å². The number of carbonyl (C=O) groups is 3. The van der Waals surface area contributed by atoms with Crippen LogP contribution in [0.3, 0.4) is 0 Å². The second-order valence-corrected chi connectivity index (χ2v) is 10.8. The van der Waals surface area contributed by atoms with Gasteiger partial charge in [0, 0.05) is 36.8 Å². The molecule has 0 spiro atoms. The molecule has 41 heavy (non-hydrogen) atoms. The molecule has 1 amide bonds. The maximum Gasteiger partial charge on any atom is 0.407 e. The van der Waals surface area contributed by atoms with Crippen molar-refractivity contribution in [1.29, 1.82) is 0 Å². The first kappa shape index (κ1) is 29.9. The number of phenolic OH excluding ortho intramolecular Hbond substituents is 1. The summed E-state index contributed by atoms with van der Waals surface area (Å²) >= 11 is 0. The number of ketones is 2. The van der Waals surface area contributed by atoms with Gasteiger partial charge >= 0.3 is 6.18 Å². The van der Waals surface area contributed by atoms with E-state index in [0.717, 1.165) is 6.21 Å². The Bertz CT molecular complexity index is 1430. The monoisotopic (exact) mass is 581 g/mol. The van der Waals surface area contributed by atoms with Crippen LogP contribution >= 0.6 is 0 Å². The molecule has 1 fully saturated rings. The molecule has 0 heterocycles. The number of hydrazone groups is 1. The number of aliphatic hydroxyl groups excluding tert-OH is 2. The molecule has 3 aliphatic rings. The van der Waals surface area contributed by atoms with Crippen molar-refractivity contribution < 1.29 is 48.0 Å². The second-order valence-electron chi connectivity index (χ2n) is 10.8. The fourth-order valence-corrected chi connectivity index (χ4v) is 6.06. The normalized spacial score (nSPS) is 26.3. The number of fused-ring (bicyclic) bond motifs is 3. The number of benzene rings is 1. The Kier molecular flexibility index (Phi) is 7.33. The van der Waals surface area contributed by atoms with E-state index in [1.165, 1.54) is 25.1 Å². The predicted molar refractivity (Wildman–Crippen MR) is 140 cm³/mol. The number of aliphatic hydroxyl groups is 3. The van der Waals surface area contributed by atoms with Gasteiger partial charge in [0.25, 0.3) is 5.91 Å². The molecule has 4 atom stereocenters. The molecule has 15 heteroatoms. The Balaban J connectivity index is 1.91. The van der Waals surface area contributed by atoms with E-state index < -0.39 is 76.5 Å². The van der Waals surface area contributed by atoms with Crippen LogP contribution in [0.1, 0.15) is 23.1 Å². The number of likely N-dealkylation sites (N-methyl/N-ethyl adjacent to an activating group) is 1. The number of aromatic hydroxyl groups is 1. The average Bonchev–Trinajstić information content (AvgIpc) is 2.83. The van der Waals surface area contributed by atoms with Crippen molar-refractivity contribution in [2.24, 2.45) is 22.7 Å². The van der Waals surface area contributed by atoms with E-state index in [2.05, 4.69) is 5.10 Å². The van der Waals surface area contributed by atoms with Crippen LogP contribution in [0.4, 0.5) is 18.9 Å². The van der Waals surface area contributed by atoms with Gasteiger partial charge in [0.05, 0.1) is 17.8 Å². The highest BCUT2D eigenvalue weighted by Crippen LogP contribution is 2.54. The molecule has 0 bridgehead atoms. The standard InChI is InChI=1S/C26H30F3N5O7/c1-33(2)14-7-11(8-31-32-9-25(27,28)29)19(35)16-12(14)5-10-6-13-18(34(3)4)21(37)17(24(30)40)23(39)26(13,41)22(38)15(10)20(16)36/h7-8,10,13,18,32,35-36,39,41H,5-6,9H2,1-4H3,(H2,30,40)/b31-8-/t10-,13-,18-,26-/m0/s1. The number of Topliss-reactive ketones (excluding diaryl/α,β-unsaturated/α-hetero) is 2. The summed E-state index contributed by atoms with van der Waals surface area (Å²) in [6, 6.07) is 0.240. The lowest BCUT2D eigenvalue weighted by atomic mass is 9.57. The Morgan fingerprint density at radius 2 is 1.85 bits per heavy atom. The van der Waals surface area contributed by atoms with Crippen molar-refractivity contribution in [1.82, 2.24) is 10.3 Å². The molecule has 3 aliphatic carbocycles. The molecule has 12 nitrogen and oxygen atoms in total. The maximum atomic E-state index is 13.9. The minimum Gasteiger partial charge on any atom is -0.508 e. The topological polar surface area (TPSA) is 189 Å². The quantitative estimate of drug-likeness (QED) is 0.157. The van der Waals surface area contributed by atoms with Crippen molar-refractivity contribution in [3.63, 3.8) is 0 Å². The van der Waals surface area contributed by atoms with Gasteiger partial charge in [0.15, 0.2) is 11.4 Å². The van der Waals surface area contributed by atoms with Crippen molar-refractivity contribution in [2.75, 3.05) is 39.6 Å². The summed E-state index contributed by atoms with van der Waals surface area (Å²) in [5.74, 6) is -7.88. The number of hydrogen-bond donors (Lipinski definition) is 6. The number of primary amides is 1. The molecule has 0 aliphatic heterocycles. The summed E-state index contributed by atoms with van der Waals surface area (Å²) in [6.07, 6.45) is -3.64. The third-order valence-electron chi connectivity index (χ3n) is 7.78. The first-order chi connectivity index (χ1) is 18.9. The molecule has 1 saturated carbocycles. The molecule has 1 aromatic carbocycles. The highest BCUT2D eigenvalue weighted by molar-refractivity contribution is 6.24. The molecule has 0 radical (unpaired) electrons. The van der Waals surface area contributed by atoms with Gasteiger partial charge in [-0.1, -0.05) is 0 Å². The van der Waals surface area contributed by atoms with Gasteiger partial charge in [-0.3, -0.25) is 19.3 Å². The lowest BCUT2D eigenvalue weighted by Gasteiger charge is -2.50. The number of anilines is 1. The van der Waals surface area contributed by atoms with Crippen LogP contribution < -0.4 is 16.1 Å². The molecule has 222 valence electrons. The lowest BCUT2D eigenvalue weighted by molar-refractivity contribution is -0.153. The average molecular weight is 582 g/mol. The van der Waals surface area contributed by atoms with Crippen molar-refractivity contribution in [2.45, 2.75) is 30.7 Å². The molecule has 0 unspecified atom stereocenters. The fourth-order valence-electron chi connectivity index (χ4n) is 6.06. The first-order valence-electron chi connectivity index (χ1n) is 12.5. The summed E-state index contributed by atoms with van der Waals surface area (Å²) in [5.41, 5.74) is 3.65. The van der Waals surface area contributed by atoms with Crippen LogP contribution in [0, 0.1) is 11.8 Å². The predicted octanol–water partition coefficient (Wildman–Crippen LogP) is 0.516. The van der Waals surface area contributed by atoms with Crippen LogP contribution in [0.5, 0.6) is 5.75 Å². The maximum absolute atomic E-state index is 13.9. The van der Waals surface area contributed by atoms with Crippen LogP contribution in [-0.4, -0.2) is 102 Å². The Morgan fingerprint density at radius 3 is 2.39 bits per heavy atom. The van der Waals surface area contributed by atoms with Gasteiger partial charge in [-0.25, -0.2) is 0 Å². The van der Waals surface area contributed by atoms with E-state index in [1.807, 2.05) is 5.43 Å². The highest BCUT2D eigenvalue weighted by Gasteiger charge is 2.64. The van der Waals surface area contributed by atoms with Crippen LogP contribution in [0.25, 0.3) is 5.76 Å². The van der Waals surface area contributed by atoms with E-state index in [-0.39, 0.29) is 29.5 Å². The summed E-state index contributed by atoms with van der Waals surface area (Å²) in [5, 5.41) is 48.5. The second kappa shape index (κ2) is 10.1. The summed E-state index contributed by atoms with van der Waals surface area (Å²) in [4.78, 5) is 42.2. The summed E-state index contributed by atoms with van der Waals surface area (Å²) in [7, 11) is 6.32. The minimum atomic E-state index is -4.54. The lowest BCUT2D eigenvalue weighted by Crippen LogP contribution is -2.65. The number of amides is 1. The zero-order valence-corrected chi connectivity index (χ0v) is 22.6. The molecule has 7 N–H and O–H groups in total. The smallest absolute Gasteiger partial charge is 0.407 e. The molecule has 1 aromatic rings. The number of carbonyl (C=O) groups excluding carboxylic acids is 3. The van der Waals surface area contributed by atoms with Gasteiger partial charge in [-0.2, -0.15) is 18.3 Å². The van der Waals surface area contributed by atoms with Gasteiger partial charge in [-0.15, -0.1) is 0 Å². The van der Waals surface area contributed by atoms with Crippen molar-refractivity contribution in [3.05, 3.63) is 39.7 Å². The largest absolute Gasteiger partial charge is 0.508 e. The molecule has 0 saturated heterocycles. The van der Waals surface area contributed by atoms with Crippen molar-refractivity contribution in [3.8, 4) is 5.75 Å². The molecule has 0 aromatic heterocycles. The van der Waals surface area contributed by atoms with Gasteiger partial charge in [-0.05, 0) is 44.5 Å².